The minimum Gasteiger partial charge on any atom is -0.281 e. The van der Waals surface area contributed by atoms with Crippen molar-refractivity contribution in [3.63, 3.8) is 0 Å². The van der Waals surface area contributed by atoms with Gasteiger partial charge in [-0.05, 0) is 46.8 Å². The minimum atomic E-state index is -0.441. The molecule has 0 unspecified atom stereocenters. The van der Waals surface area contributed by atoms with Crippen LogP contribution in [-0.2, 0) is 22.4 Å². The van der Waals surface area contributed by atoms with E-state index in [9.17, 15) is 9.59 Å². The van der Waals surface area contributed by atoms with Crippen molar-refractivity contribution in [2.45, 2.75) is 19.8 Å². The molecule has 1 rings (SSSR count). The van der Waals surface area contributed by atoms with Crippen molar-refractivity contribution in [3.05, 3.63) is 34.9 Å². The molecule has 15 heavy (non-hydrogen) atoms. The number of carbonyl (C=O) groups excluding carboxylic acids is 2. The number of halogens is 2. The quantitative estimate of drug-likeness (QED) is 0.764. The topological polar surface area (TPSA) is 34.1 Å². The molecule has 1 aromatic carbocycles. The number of hydrogen-bond acceptors (Lipinski definition) is 2. The van der Waals surface area contributed by atoms with Gasteiger partial charge >= 0.3 is 0 Å². The average Bonchev–Trinajstić information content (AvgIpc) is 2.09. The SMILES string of the molecule is Cc1cccc(CC(=O)Cl)c1CC(=O)Cl. The molecule has 0 saturated heterocycles. The van der Waals surface area contributed by atoms with Crippen LogP contribution in [0.2, 0.25) is 0 Å². The van der Waals surface area contributed by atoms with Crippen LogP contribution in [0, 0.1) is 6.92 Å². The molecule has 0 aromatic heterocycles. The van der Waals surface area contributed by atoms with Crippen molar-refractivity contribution in [2.24, 2.45) is 0 Å². The Morgan fingerprint density at radius 2 is 1.73 bits per heavy atom. The fraction of sp³-hybridized carbons (Fsp3) is 0.273. The van der Waals surface area contributed by atoms with Crippen LogP contribution in [0.15, 0.2) is 18.2 Å². The van der Waals surface area contributed by atoms with Gasteiger partial charge < -0.3 is 0 Å². The summed E-state index contributed by atoms with van der Waals surface area (Å²) in [6, 6.07) is 5.48. The molecule has 0 N–H and O–H groups in total. The molecule has 0 aliphatic rings. The lowest BCUT2D eigenvalue weighted by molar-refractivity contribution is -0.112. The maximum atomic E-state index is 10.9. The number of benzene rings is 1. The fourth-order valence-corrected chi connectivity index (χ4v) is 1.75. The standard InChI is InChI=1S/C11H10Cl2O2/c1-7-3-2-4-8(5-10(12)14)9(7)6-11(13)15/h2-4H,5-6H2,1H3. The molecule has 80 valence electrons. The first-order chi connectivity index (χ1) is 7.00. The van der Waals surface area contributed by atoms with Crippen LogP contribution < -0.4 is 0 Å². The van der Waals surface area contributed by atoms with Gasteiger partial charge in [-0.25, -0.2) is 0 Å². The average molecular weight is 245 g/mol. The van der Waals surface area contributed by atoms with Crippen LogP contribution in [0.25, 0.3) is 0 Å². The highest BCUT2D eigenvalue weighted by atomic mass is 35.5. The highest BCUT2D eigenvalue weighted by Gasteiger charge is 2.10. The van der Waals surface area contributed by atoms with Gasteiger partial charge in [-0.15, -0.1) is 0 Å². The lowest BCUT2D eigenvalue weighted by Crippen LogP contribution is -2.04. The number of aryl methyl sites for hydroxylation is 1. The smallest absolute Gasteiger partial charge is 0.226 e. The zero-order valence-corrected chi connectivity index (χ0v) is 9.73. The van der Waals surface area contributed by atoms with Crippen molar-refractivity contribution in [1.29, 1.82) is 0 Å². The molecule has 0 amide bonds. The molecule has 2 nitrogen and oxygen atoms in total. The highest BCUT2D eigenvalue weighted by molar-refractivity contribution is 6.64. The molecule has 0 aliphatic carbocycles. The Labute approximate surface area is 98.2 Å². The van der Waals surface area contributed by atoms with E-state index in [1.807, 2.05) is 19.1 Å². The highest BCUT2D eigenvalue weighted by Crippen LogP contribution is 2.17. The van der Waals surface area contributed by atoms with Gasteiger partial charge in [0.15, 0.2) is 0 Å². The third-order valence-corrected chi connectivity index (χ3v) is 2.42. The Morgan fingerprint density at radius 3 is 2.27 bits per heavy atom. The third kappa shape index (κ3) is 3.65. The zero-order chi connectivity index (χ0) is 11.4. The van der Waals surface area contributed by atoms with E-state index in [0.717, 1.165) is 16.7 Å². The van der Waals surface area contributed by atoms with E-state index in [2.05, 4.69) is 0 Å². The predicted molar refractivity (Wildman–Crippen MR) is 60.3 cm³/mol. The summed E-state index contributed by atoms with van der Waals surface area (Å²) in [6.45, 7) is 1.87. The van der Waals surface area contributed by atoms with Crippen molar-refractivity contribution in [2.75, 3.05) is 0 Å². The maximum absolute atomic E-state index is 10.9. The van der Waals surface area contributed by atoms with Crippen molar-refractivity contribution < 1.29 is 9.59 Å². The van der Waals surface area contributed by atoms with E-state index in [0.29, 0.717) is 0 Å². The van der Waals surface area contributed by atoms with Crippen LogP contribution in [0.3, 0.4) is 0 Å². The van der Waals surface area contributed by atoms with Crippen LogP contribution in [-0.4, -0.2) is 10.5 Å². The van der Waals surface area contributed by atoms with Gasteiger partial charge in [-0.1, -0.05) is 18.2 Å². The van der Waals surface area contributed by atoms with Crippen molar-refractivity contribution >= 4 is 33.7 Å². The van der Waals surface area contributed by atoms with E-state index < -0.39 is 10.5 Å². The molecule has 0 atom stereocenters. The molecule has 0 radical (unpaired) electrons. The second-order valence-corrected chi connectivity index (χ2v) is 4.12. The lowest BCUT2D eigenvalue weighted by atomic mass is 9.98. The minimum absolute atomic E-state index is 0.128. The Bertz CT molecular complexity index is 400. The van der Waals surface area contributed by atoms with Crippen LogP contribution >= 0.6 is 23.2 Å². The van der Waals surface area contributed by atoms with Crippen molar-refractivity contribution in [1.82, 2.24) is 0 Å². The van der Waals surface area contributed by atoms with E-state index in [-0.39, 0.29) is 12.8 Å². The molecule has 0 spiro atoms. The monoisotopic (exact) mass is 244 g/mol. The van der Waals surface area contributed by atoms with Crippen LogP contribution in [0.5, 0.6) is 0 Å². The van der Waals surface area contributed by atoms with Gasteiger partial charge in [0.05, 0.1) is 0 Å². The maximum Gasteiger partial charge on any atom is 0.226 e. The van der Waals surface area contributed by atoms with Gasteiger partial charge in [-0.3, -0.25) is 9.59 Å². The predicted octanol–water partition coefficient (Wildman–Crippen LogP) is 2.61. The Kier molecular flexibility index (Phi) is 4.30. The Hall–Kier alpha value is -0.860. The van der Waals surface area contributed by atoms with Crippen LogP contribution in [0.1, 0.15) is 16.7 Å². The molecule has 0 fully saturated rings. The molecular formula is C11H10Cl2O2. The van der Waals surface area contributed by atoms with Crippen molar-refractivity contribution in [3.8, 4) is 0 Å². The van der Waals surface area contributed by atoms with Gasteiger partial charge in [0.2, 0.25) is 10.5 Å². The summed E-state index contributed by atoms with van der Waals surface area (Å²) in [5, 5.41) is -0.878. The second kappa shape index (κ2) is 5.29. The number of hydrogen-bond donors (Lipinski definition) is 0. The fourth-order valence-electron chi connectivity index (χ4n) is 1.47. The van der Waals surface area contributed by atoms with Gasteiger partial charge in [0.1, 0.15) is 0 Å². The molecule has 0 heterocycles. The summed E-state index contributed by atoms with van der Waals surface area (Å²) in [5.74, 6) is 0. The summed E-state index contributed by atoms with van der Waals surface area (Å²) in [7, 11) is 0. The summed E-state index contributed by atoms with van der Waals surface area (Å²) in [4.78, 5) is 21.7. The first-order valence-corrected chi connectivity index (χ1v) is 5.20. The van der Waals surface area contributed by atoms with Gasteiger partial charge in [0, 0.05) is 12.8 Å². The molecule has 0 saturated carbocycles. The summed E-state index contributed by atoms with van der Waals surface area (Å²) >= 11 is 10.7. The summed E-state index contributed by atoms with van der Waals surface area (Å²) in [5.41, 5.74) is 2.51. The largest absolute Gasteiger partial charge is 0.281 e. The van der Waals surface area contributed by atoms with E-state index in [1.165, 1.54) is 0 Å². The van der Waals surface area contributed by atoms with E-state index >= 15 is 0 Å². The van der Waals surface area contributed by atoms with E-state index in [4.69, 9.17) is 23.2 Å². The third-order valence-electron chi connectivity index (χ3n) is 2.15. The van der Waals surface area contributed by atoms with E-state index in [1.54, 1.807) is 6.07 Å². The number of carbonyl (C=O) groups is 2. The first kappa shape index (κ1) is 12.2. The van der Waals surface area contributed by atoms with Gasteiger partial charge in [0.25, 0.3) is 0 Å². The summed E-state index contributed by atoms with van der Waals surface area (Å²) in [6.07, 6.45) is 0.260. The lowest BCUT2D eigenvalue weighted by Gasteiger charge is -2.08. The molecule has 0 aliphatic heterocycles. The molecule has 1 aromatic rings. The number of rotatable bonds is 4. The molecule has 4 heteroatoms. The normalized spacial score (nSPS) is 10.1. The zero-order valence-electron chi connectivity index (χ0n) is 8.22. The Balaban J connectivity index is 3.08. The first-order valence-electron chi connectivity index (χ1n) is 4.44. The Morgan fingerprint density at radius 1 is 1.13 bits per heavy atom. The summed E-state index contributed by atoms with van der Waals surface area (Å²) < 4.78 is 0. The second-order valence-electron chi connectivity index (χ2n) is 3.28. The van der Waals surface area contributed by atoms with Crippen LogP contribution in [0.4, 0.5) is 0 Å². The van der Waals surface area contributed by atoms with Gasteiger partial charge in [-0.2, -0.15) is 0 Å². The molecule has 0 bridgehead atoms. The molecular weight excluding hydrogens is 235 g/mol.